The van der Waals surface area contributed by atoms with E-state index in [1.165, 1.54) is 5.56 Å². The minimum Gasteiger partial charge on any atom is -0.357 e. The molecule has 2 nitrogen and oxygen atoms in total. The molecule has 0 fully saturated rings. The van der Waals surface area contributed by atoms with Gasteiger partial charge in [0.2, 0.25) is 0 Å². The van der Waals surface area contributed by atoms with Crippen LogP contribution in [0.5, 0.6) is 0 Å². The summed E-state index contributed by atoms with van der Waals surface area (Å²) in [6.45, 7) is 0. The van der Waals surface area contributed by atoms with Crippen LogP contribution in [-0.4, -0.2) is 9.55 Å². The summed E-state index contributed by atoms with van der Waals surface area (Å²) in [7, 11) is 2.02. The first-order valence-electron chi connectivity index (χ1n) is 5.97. The number of pyridine rings is 1. The summed E-state index contributed by atoms with van der Waals surface area (Å²) in [5.74, 6) is 0. The van der Waals surface area contributed by atoms with Gasteiger partial charge >= 0.3 is 0 Å². The number of aryl methyl sites for hydroxylation is 1. The van der Waals surface area contributed by atoms with E-state index in [-0.39, 0.29) is 0 Å². The van der Waals surface area contributed by atoms with Crippen LogP contribution in [0.2, 0.25) is 0 Å². The lowest BCUT2D eigenvalue weighted by Crippen LogP contribution is -1.84. The van der Waals surface area contributed by atoms with Gasteiger partial charge in [0.15, 0.2) is 0 Å². The van der Waals surface area contributed by atoms with Crippen molar-refractivity contribution in [2.75, 3.05) is 0 Å². The molecule has 0 bridgehead atoms. The molecule has 3 rings (SSSR count). The lowest BCUT2D eigenvalue weighted by Gasteiger charge is -2.02. The van der Waals surface area contributed by atoms with Crippen molar-refractivity contribution in [2.45, 2.75) is 0 Å². The number of benzene rings is 1. The third kappa shape index (κ3) is 2.05. The second-order valence-corrected chi connectivity index (χ2v) is 4.36. The molecule has 0 spiro atoms. The van der Waals surface area contributed by atoms with E-state index in [9.17, 15) is 0 Å². The molecule has 3 aromatic rings. The van der Waals surface area contributed by atoms with Crippen molar-refractivity contribution in [3.05, 3.63) is 67.1 Å². The normalized spacial score (nSPS) is 10.5. The molecule has 0 unspecified atom stereocenters. The number of hydrogen-bond acceptors (Lipinski definition) is 1. The van der Waals surface area contributed by atoms with Gasteiger partial charge in [-0.3, -0.25) is 4.98 Å². The quantitative estimate of drug-likeness (QED) is 0.660. The van der Waals surface area contributed by atoms with Crippen molar-refractivity contribution in [1.82, 2.24) is 9.55 Å². The van der Waals surface area contributed by atoms with Gasteiger partial charge in [-0.1, -0.05) is 36.4 Å². The molecular formula is C16H14N2. The van der Waals surface area contributed by atoms with E-state index in [1.807, 2.05) is 42.2 Å². The summed E-state index contributed by atoms with van der Waals surface area (Å²) in [5.41, 5.74) is 4.51. The molecule has 0 saturated carbocycles. The molecule has 0 saturated heterocycles. The van der Waals surface area contributed by atoms with Crippen molar-refractivity contribution in [3.63, 3.8) is 0 Å². The average molecular weight is 234 g/mol. The lowest BCUT2D eigenvalue weighted by atomic mass is 10.1. The van der Waals surface area contributed by atoms with Gasteiger partial charge in [0.05, 0.1) is 5.69 Å². The zero-order valence-corrected chi connectivity index (χ0v) is 10.2. The first-order valence-corrected chi connectivity index (χ1v) is 5.97. The molecule has 0 amide bonds. The fourth-order valence-corrected chi connectivity index (χ4v) is 2.02. The van der Waals surface area contributed by atoms with Crippen LogP contribution in [0.25, 0.3) is 22.4 Å². The standard InChI is InChI=1S/C16H14N2/c1-18-10-9-15(12-18)16-8-7-14(11-17-16)13-5-3-2-4-6-13/h2-12H,1H3. The van der Waals surface area contributed by atoms with Gasteiger partial charge in [0, 0.05) is 36.8 Å². The summed E-state index contributed by atoms with van der Waals surface area (Å²) < 4.78 is 2.03. The summed E-state index contributed by atoms with van der Waals surface area (Å²) in [5, 5.41) is 0. The van der Waals surface area contributed by atoms with Gasteiger partial charge in [-0.05, 0) is 17.7 Å². The third-order valence-electron chi connectivity index (χ3n) is 3.00. The average Bonchev–Trinajstić information content (AvgIpc) is 2.87. The third-order valence-corrected chi connectivity index (χ3v) is 3.00. The first-order chi connectivity index (χ1) is 8.83. The van der Waals surface area contributed by atoms with Crippen molar-refractivity contribution in [2.24, 2.45) is 7.05 Å². The van der Waals surface area contributed by atoms with Crippen LogP contribution < -0.4 is 0 Å². The summed E-state index contributed by atoms with van der Waals surface area (Å²) in [6, 6.07) is 16.6. The van der Waals surface area contributed by atoms with Crippen molar-refractivity contribution < 1.29 is 0 Å². The van der Waals surface area contributed by atoms with Gasteiger partial charge in [-0.15, -0.1) is 0 Å². The van der Waals surface area contributed by atoms with Crippen LogP contribution in [0.1, 0.15) is 0 Å². The molecule has 0 aliphatic carbocycles. The lowest BCUT2D eigenvalue weighted by molar-refractivity contribution is 0.928. The number of rotatable bonds is 2. The second kappa shape index (κ2) is 4.49. The SMILES string of the molecule is Cn1ccc(-c2ccc(-c3ccccc3)cn2)c1. The molecule has 1 aromatic carbocycles. The zero-order chi connectivity index (χ0) is 12.4. The Kier molecular flexibility index (Phi) is 2.69. The maximum atomic E-state index is 4.53. The fraction of sp³-hybridized carbons (Fsp3) is 0.0625. The van der Waals surface area contributed by atoms with Crippen molar-refractivity contribution in [1.29, 1.82) is 0 Å². The Balaban J connectivity index is 1.94. The molecule has 0 radical (unpaired) electrons. The molecule has 88 valence electrons. The maximum Gasteiger partial charge on any atom is 0.0717 e. The molecule has 2 aromatic heterocycles. The van der Waals surface area contributed by atoms with E-state index in [2.05, 4.69) is 41.5 Å². The molecule has 0 atom stereocenters. The topological polar surface area (TPSA) is 17.8 Å². The Labute approximate surface area is 107 Å². The molecule has 0 N–H and O–H groups in total. The van der Waals surface area contributed by atoms with E-state index in [0.29, 0.717) is 0 Å². The summed E-state index contributed by atoms with van der Waals surface area (Å²) in [6.07, 6.45) is 6.03. The highest BCUT2D eigenvalue weighted by Crippen LogP contribution is 2.22. The molecular weight excluding hydrogens is 220 g/mol. The van der Waals surface area contributed by atoms with Crippen molar-refractivity contribution >= 4 is 0 Å². The van der Waals surface area contributed by atoms with E-state index in [1.54, 1.807) is 0 Å². The number of hydrogen-bond donors (Lipinski definition) is 0. The highest BCUT2D eigenvalue weighted by Gasteiger charge is 2.02. The van der Waals surface area contributed by atoms with E-state index in [0.717, 1.165) is 16.8 Å². The second-order valence-electron chi connectivity index (χ2n) is 4.36. The molecule has 18 heavy (non-hydrogen) atoms. The molecule has 0 aliphatic heterocycles. The Morgan fingerprint density at radius 2 is 1.67 bits per heavy atom. The highest BCUT2D eigenvalue weighted by atomic mass is 14.9. The Hall–Kier alpha value is -2.35. The number of aromatic nitrogens is 2. The van der Waals surface area contributed by atoms with Gasteiger partial charge in [-0.25, -0.2) is 0 Å². The minimum absolute atomic E-state index is 1.01. The van der Waals surface area contributed by atoms with Crippen LogP contribution in [0.3, 0.4) is 0 Å². The van der Waals surface area contributed by atoms with Crippen LogP contribution in [0.4, 0.5) is 0 Å². The fourth-order valence-electron chi connectivity index (χ4n) is 2.02. The van der Waals surface area contributed by atoms with Crippen LogP contribution in [0.15, 0.2) is 67.1 Å². The predicted octanol–water partition coefficient (Wildman–Crippen LogP) is 3.75. The van der Waals surface area contributed by atoms with Crippen LogP contribution in [-0.2, 0) is 7.05 Å². The van der Waals surface area contributed by atoms with Crippen LogP contribution in [0, 0.1) is 0 Å². The molecule has 0 aliphatic rings. The van der Waals surface area contributed by atoms with Gasteiger partial charge in [0.1, 0.15) is 0 Å². The first kappa shape index (κ1) is 10.8. The Bertz CT molecular complexity index is 636. The largest absolute Gasteiger partial charge is 0.357 e. The molecule has 2 heteroatoms. The van der Waals surface area contributed by atoms with E-state index >= 15 is 0 Å². The number of nitrogens with zero attached hydrogens (tertiary/aromatic N) is 2. The Morgan fingerprint density at radius 1 is 0.833 bits per heavy atom. The Morgan fingerprint density at radius 3 is 2.28 bits per heavy atom. The van der Waals surface area contributed by atoms with Gasteiger partial charge in [-0.2, -0.15) is 0 Å². The van der Waals surface area contributed by atoms with Gasteiger partial charge in [0.25, 0.3) is 0 Å². The maximum absolute atomic E-state index is 4.53. The van der Waals surface area contributed by atoms with Gasteiger partial charge < -0.3 is 4.57 Å². The smallest absolute Gasteiger partial charge is 0.0717 e. The highest BCUT2D eigenvalue weighted by molar-refractivity contribution is 5.66. The minimum atomic E-state index is 1.01. The molecule has 2 heterocycles. The van der Waals surface area contributed by atoms with Crippen LogP contribution >= 0.6 is 0 Å². The van der Waals surface area contributed by atoms with E-state index in [4.69, 9.17) is 0 Å². The van der Waals surface area contributed by atoms with Crippen molar-refractivity contribution in [3.8, 4) is 22.4 Å². The predicted molar refractivity (Wildman–Crippen MR) is 74.1 cm³/mol. The van der Waals surface area contributed by atoms with E-state index < -0.39 is 0 Å². The summed E-state index contributed by atoms with van der Waals surface area (Å²) >= 11 is 0. The zero-order valence-electron chi connectivity index (χ0n) is 10.2. The monoisotopic (exact) mass is 234 g/mol. The summed E-state index contributed by atoms with van der Waals surface area (Å²) in [4.78, 5) is 4.53.